The van der Waals surface area contributed by atoms with Crippen LogP contribution in [0.1, 0.15) is 17.5 Å². The largest absolute Gasteiger partial charge is 0.325 e. The van der Waals surface area contributed by atoms with E-state index in [0.29, 0.717) is 10.7 Å². The number of fused-ring (bicyclic) bond motifs is 1. The van der Waals surface area contributed by atoms with Crippen LogP contribution in [0.25, 0.3) is 0 Å². The van der Waals surface area contributed by atoms with Gasteiger partial charge in [0.2, 0.25) is 15.9 Å². The molecule has 0 heterocycles. The minimum absolute atomic E-state index is 0.231. The van der Waals surface area contributed by atoms with Crippen LogP contribution >= 0.6 is 11.6 Å². The van der Waals surface area contributed by atoms with E-state index in [0.717, 1.165) is 29.1 Å². The lowest BCUT2D eigenvalue weighted by Gasteiger charge is -2.17. The number of hydrogen-bond acceptors (Lipinski definition) is 3. The maximum Gasteiger partial charge on any atom is 0.243 e. The monoisotopic (exact) mass is 378 g/mol. The number of sulfonamides is 1. The summed E-state index contributed by atoms with van der Waals surface area (Å²) in [5.74, 6) is -0.408. The number of nitrogens with one attached hydrogen (secondary N) is 1. The zero-order chi connectivity index (χ0) is 18.0. The molecule has 0 bridgehead atoms. The Balaban J connectivity index is 1.69. The number of aryl methyl sites for hydroxylation is 2. The number of carbonyl (C=O) groups excluding carboxylic acids is 1. The molecule has 3 rings (SSSR count). The molecule has 0 saturated carbocycles. The molecule has 1 amide bonds. The topological polar surface area (TPSA) is 66.5 Å². The Kier molecular flexibility index (Phi) is 5.13. The predicted molar refractivity (Wildman–Crippen MR) is 98.4 cm³/mol. The lowest BCUT2D eigenvalue weighted by atomic mass is 10.1. The van der Waals surface area contributed by atoms with Gasteiger partial charge in [0.1, 0.15) is 0 Å². The van der Waals surface area contributed by atoms with Crippen LogP contribution in [0.4, 0.5) is 5.69 Å². The summed E-state index contributed by atoms with van der Waals surface area (Å²) >= 11 is 5.80. The van der Waals surface area contributed by atoms with Crippen LogP contribution in [0, 0.1) is 0 Å². The molecule has 5 nitrogen and oxygen atoms in total. The molecule has 132 valence electrons. The molecule has 2 aromatic carbocycles. The molecule has 1 N–H and O–H groups in total. The van der Waals surface area contributed by atoms with Gasteiger partial charge in [-0.05, 0) is 66.8 Å². The Bertz CT molecular complexity index is 895. The molecular weight excluding hydrogens is 360 g/mol. The second-order valence-corrected chi connectivity index (χ2v) is 8.58. The van der Waals surface area contributed by atoms with Crippen molar-refractivity contribution in [3.05, 3.63) is 58.6 Å². The minimum Gasteiger partial charge on any atom is -0.325 e. The summed E-state index contributed by atoms with van der Waals surface area (Å²) in [6, 6.07) is 11.9. The molecule has 1 aliphatic carbocycles. The van der Waals surface area contributed by atoms with E-state index in [9.17, 15) is 13.2 Å². The van der Waals surface area contributed by atoms with Crippen molar-refractivity contribution in [2.24, 2.45) is 0 Å². The zero-order valence-electron chi connectivity index (χ0n) is 13.8. The second-order valence-electron chi connectivity index (χ2n) is 6.10. The molecule has 7 heteroatoms. The highest BCUT2D eigenvalue weighted by Crippen LogP contribution is 2.26. The van der Waals surface area contributed by atoms with Gasteiger partial charge in [0, 0.05) is 17.8 Å². The van der Waals surface area contributed by atoms with Crippen molar-refractivity contribution in [3.8, 4) is 0 Å². The van der Waals surface area contributed by atoms with Crippen LogP contribution in [0.15, 0.2) is 47.4 Å². The lowest BCUT2D eigenvalue weighted by Crippen LogP contribution is -2.35. The highest BCUT2D eigenvalue weighted by molar-refractivity contribution is 7.89. The molecule has 0 atom stereocenters. The summed E-state index contributed by atoms with van der Waals surface area (Å²) in [4.78, 5) is 12.4. The average Bonchev–Trinajstić information content (AvgIpc) is 3.04. The van der Waals surface area contributed by atoms with Gasteiger partial charge in [0.15, 0.2) is 0 Å². The fourth-order valence-corrected chi connectivity index (χ4v) is 4.21. The Hall–Kier alpha value is -1.89. The van der Waals surface area contributed by atoms with E-state index < -0.39 is 15.9 Å². The SMILES string of the molecule is CN(CC(=O)Nc1ccc(Cl)cc1)S(=O)(=O)c1ccc2c(c1)CCC2. The van der Waals surface area contributed by atoms with Crippen LogP contribution in [0.3, 0.4) is 0 Å². The van der Waals surface area contributed by atoms with Crippen molar-refractivity contribution in [2.75, 3.05) is 18.9 Å². The van der Waals surface area contributed by atoms with Gasteiger partial charge in [-0.15, -0.1) is 0 Å². The number of halogens is 1. The zero-order valence-corrected chi connectivity index (χ0v) is 15.4. The first-order valence-electron chi connectivity index (χ1n) is 8.00. The predicted octanol–water partition coefficient (Wildman–Crippen LogP) is 3.09. The van der Waals surface area contributed by atoms with E-state index in [-0.39, 0.29) is 11.4 Å². The first-order valence-corrected chi connectivity index (χ1v) is 9.81. The maximum absolute atomic E-state index is 12.7. The number of amides is 1. The maximum atomic E-state index is 12.7. The summed E-state index contributed by atoms with van der Waals surface area (Å²) in [7, 11) is -2.30. The number of rotatable bonds is 5. The van der Waals surface area contributed by atoms with Crippen LogP contribution in [0.2, 0.25) is 5.02 Å². The smallest absolute Gasteiger partial charge is 0.243 e. The summed E-state index contributed by atoms with van der Waals surface area (Å²) in [5, 5.41) is 3.23. The first kappa shape index (κ1) is 17.9. The van der Waals surface area contributed by atoms with Gasteiger partial charge in [0.25, 0.3) is 0 Å². The van der Waals surface area contributed by atoms with Crippen LogP contribution in [0.5, 0.6) is 0 Å². The van der Waals surface area contributed by atoms with Gasteiger partial charge in [-0.3, -0.25) is 4.79 Å². The molecular formula is C18H19ClN2O3S. The number of anilines is 1. The summed E-state index contributed by atoms with van der Waals surface area (Å²) in [6.07, 6.45) is 2.95. The highest BCUT2D eigenvalue weighted by atomic mass is 35.5. The van der Waals surface area contributed by atoms with Crippen LogP contribution < -0.4 is 5.32 Å². The third-order valence-electron chi connectivity index (χ3n) is 4.27. The molecule has 0 spiro atoms. The van der Waals surface area contributed by atoms with Crippen molar-refractivity contribution < 1.29 is 13.2 Å². The van der Waals surface area contributed by atoms with Crippen molar-refractivity contribution in [2.45, 2.75) is 24.2 Å². The number of carbonyl (C=O) groups is 1. The van der Waals surface area contributed by atoms with Crippen molar-refractivity contribution in [1.82, 2.24) is 4.31 Å². The summed E-state index contributed by atoms with van der Waals surface area (Å²) < 4.78 is 26.5. The first-order chi connectivity index (χ1) is 11.9. The Morgan fingerprint density at radius 3 is 2.52 bits per heavy atom. The third kappa shape index (κ3) is 4.03. The van der Waals surface area contributed by atoms with E-state index in [1.54, 1.807) is 36.4 Å². The van der Waals surface area contributed by atoms with Gasteiger partial charge in [-0.25, -0.2) is 8.42 Å². The van der Waals surface area contributed by atoms with Crippen molar-refractivity contribution in [1.29, 1.82) is 0 Å². The van der Waals surface area contributed by atoms with Crippen LogP contribution in [-0.4, -0.2) is 32.2 Å². The molecule has 1 aliphatic rings. The Labute approximate surface area is 152 Å². The van der Waals surface area contributed by atoms with E-state index in [4.69, 9.17) is 11.6 Å². The van der Waals surface area contributed by atoms with Gasteiger partial charge in [-0.1, -0.05) is 17.7 Å². The van der Waals surface area contributed by atoms with Crippen molar-refractivity contribution >= 4 is 33.2 Å². The summed E-state index contributed by atoms with van der Waals surface area (Å²) in [6.45, 7) is -0.262. The molecule has 0 aliphatic heterocycles. The normalized spacial score (nSPS) is 13.7. The fraction of sp³-hybridized carbons (Fsp3) is 0.278. The Morgan fingerprint density at radius 1 is 1.12 bits per heavy atom. The third-order valence-corrected chi connectivity index (χ3v) is 6.32. The number of benzene rings is 2. The second kappa shape index (κ2) is 7.15. The van der Waals surface area contributed by atoms with E-state index >= 15 is 0 Å². The van der Waals surface area contributed by atoms with E-state index in [2.05, 4.69) is 5.32 Å². The molecule has 0 fully saturated rings. The quantitative estimate of drug-likeness (QED) is 0.869. The molecule has 25 heavy (non-hydrogen) atoms. The standard InChI is InChI=1S/C18H19ClN2O3S/c1-21(12-18(22)20-16-8-6-15(19)7-9-16)25(23,24)17-10-5-13-3-2-4-14(13)11-17/h5-11H,2-4,12H2,1H3,(H,20,22). The van der Waals surface area contributed by atoms with Gasteiger partial charge < -0.3 is 5.32 Å². The molecule has 0 saturated heterocycles. The van der Waals surface area contributed by atoms with Crippen molar-refractivity contribution in [3.63, 3.8) is 0 Å². The van der Waals surface area contributed by atoms with Gasteiger partial charge >= 0.3 is 0 Å². The molecule has 0 radical (unpaired) electrons. The number of hydrogen-bond donors (Lipinski definition) is 1. The minimum atomic E-state index is -3.70. The van der Waals surface area contributed by atoms with Crippen LogP contribution in [-0.2, 0) is 27.7 Å². The van der Waals surface area contributed by atoms with Gasteiger partial charge in [-0.2, -0.15) is 4.31 Å². The molecule has 2 aromatic rings. The fourth-order valence-electron chi connectivity index (χ4n) is 2.91. The molecule has 0 unspecified atom stereocenters. The summed E-state index contributed by atoms with van der Waals surface area (Å²) in [5.41, 5.74) is 2.86. The number of nitrogens with zero attached hydrogens (tertiary/aromatic N) is 1. The van der Waals surface area contributed by atoms with E-state index in [1.807, 2.05) is 6.07 Å². The lowest BCUT2D eigenvalue weighted by molar-refractivity contribution is -0.116. The van der Waals surface area contributed by atoms with E-state index in [1.165, 1.54) is 12.6 Å². The van der Waals surface area contributed by atoms with Gasteiger partial charge in [0.05, 0.1) is 11.4 Å². The number of likely N-dealkylation sites (N-methyl/N-ethyl adjacent to an activating group) is 1. The Morgan fingerprint density at radius 2 is 1.80 bits per heavy atom. The average molecular weight is 379 g/mol. The molecule has 0 aromatic heterocycles. The highest BCUT2D eigenvalue weighted by Gasteiger charge is 2.24.